The molecule has 10 heteroatoms. The second-order valence-electron chi connectivity index (χ2n) is 14.5. The maximum atomic E-state index is 12.5. The van der Waals surface area contributed by atoms with Crippen LogP contribution in [0.4, 0.5) is 0 Å². The minimum atomic E-state index is -4.41. The van der Waals surface area contributed by atoms with Crippen LogP contribution in [0.1, 0.15) is 168 Å². The van der Waals surface area contributed by atoms with Crippen LogP contribution in [-0.4, -0.2) is 49.3 Å². The third kappa shape index (κ3) is 44.3. The summed E-state index contributed by atoms with van der Waals surface area (Å²) in [6.45, 7) is 3.46. The van der Waals surface area contributed by atoms with E-state index in [2.05, 4.69) is 92.8 Å². The number of phosphoric ester groups is 1. The van der Waals surface area contributed by atoms with Crippen molar-refractivity contribution in [1.82, 2.24) is 0 Å². The van der Waals surface area contributed by atoms with Gasteiger partial charge in [0, 0.05) is 13.0 Å². The minimum Gasteiger partial charge on any atom is -0.462 e. The molecule has 9 nitrogen and oxygen atoms in total. The number of hydrogen-bond donors (Lipinski definition) is 2. The standard InChI is InChI=1S/C49H82NO8P/c1-3-5-7-9-11-13-15-17-19-20-21-22-23-24-25-26-28-29-31-33-35-37-39-41-48(51)55-45-47(46-57-59(53,54)56-44-43-50)58-49(52)42-40-38-36-34-32-30-27-18-16-14-12-10-8-6-4-2/h6,8,12,14-15,17-18,20-21,23-24,27,32,34,38,40,47H,3-5,7,9-11,13,16,19,22,25-26,28-31,33,35-37,39,41-46,50H2,1-2H3,(H,53,54)/b8-6-,14-12-,17-15-,21-20-,24-23-,27-18-,34-32-,40-38-. The summed E-state index contributed by atoms with van der Waals surface area (Å²) in [6.07, 6.45) is 57.6. The highest BCUT2D eigenvalue weighted by molar-refractivity contribution is 7.47. The van der Waals surface area contributed by atoms with E-state index in [9.17, 15) is 19.0 Å². The van der Waals surface area contributed by atoms with Crippen molar-refractivity contribution in [3.63, 3.8) is 0 Å². The molecule has 0 rings (SSSR count). The fraction of sp³-hybridized carbons (Fsp3) is 0.633. The molecule has 59 heavy (non-hydrogen) atoms. The highest BCUT2D eigenvalue weighted by atomic mass is 31.2. The summed E-state index contributed by atoms with van der Waals surface area (Å²) in [7, 11) is -4.41. The Hall–Kier alpha value is -3.07. The van der Waals surface area contributed by atoms with E-state index >= 15 is 0 Å². The second-order valence-corrected chi connectivity index (χ2v) is 16.0. The van der Waals surface area contributed by atoms with Gasteiger partial charge in [0.15, 0.2) is 6.10 Å². The van der Waals surface area contributed by atoms with Gasteiger partial charge in [0.1, 0.15) is 6.61 Å². The lowest BCUT2D eigenvalue weighted by Crippen LogP contribution is -2.29. The molecule has 0 heterocycles. The van der Waals surface area contributed by atoms with Crippen LogP contribution in [0.3, 0.4) is 0 Å². The lowest BCUT2D eigenvalue weighted by atomic mass is 10.1. The summed E-state index contributed by atoms with van der Waals surface area (Å²) in [5.41, 5.74) is 5.34. The number of phosphoric acid groups is 1. The number of nitrogens with two attached hydrogens (primary N) is 1. The quantitative estimate of drug-likeness (QED) is 0.0267. The largest absolute Gasteiger partial charge is 0.472 e. The van der Waals surface area contributed by atoms with Gasteiger partial charge in [0.2, 0.25) is 0 Å². The van der Waals surface area contributed by atoms with Crippen LogP contribution in [0.5, 0.6) is 0 Å². The van der Waals surface area contributed by atoms with Gasteiger partial charge < -0.3 is 20.1 Å². The maximum absolute atomic E-state index is 12.5. The number of allylic oxidation sites excluding steroid dienone is 15. The van der Waals surface area contributed by atoms with Gasteiger partial charge in [-0.25, -0.2) is 4.57 Å². The lowest BCUT2D eigenvalue weighted by Gasteiger charge is -2.19. The van der Waals surface area contributed by atoms with Crippen molar-refractivity contribution in [2.24, 2.45) is 5.73 Å². The molecule has 0 fully saturated rings. The molecule has 0 saturated carbocycles. The topological polar surface area (TPSA) is 134 Å². The number of carbonyl (C=O) groups is 2. The van der Waals surface area contributed by atoms with Crippen molar-refractivity contribution < 1.29 is 37.6 Å². The van der Waals surface area contributed by atoms with E-state index in [1.807, 2.05) is 12.2 Å². The summed E-state index contributed by atoms with van der Waals surface area (Å²) in [6, 6.07) is 0. The van der Waals surface area contributed by atoms with Gasteiger partial charge in [-0.15, -0.1) is 0 Å². The fourth-order valence-electron chi connectivity index (χ4n) is 5.66. The summed E-state index contributed by atoms with van der Waals surface area (Å²) in [4.78, 5) is 34.8. The SMILES string of the molecule is CC/C=C\C/C=C\C/C=C\C/C=C\C/C=C\CC(=O)OC(COC(=O)CCCCCCCCCC/C=C\C/C=C\C/C=C\CCCCCCC)COP(=O)(O)OCCN. The number of carbonyl (C=O) groups excluding carboxylic acids is 2. The molecule has 0 aromatic heterocycles. The van der Waals surface area contributed by atoms with Gasteiger partial charge >= 0.3 is 19.8 Å². The monoisotopic (exact) mass is 844 g/mol. The first-order valence-electron chi connectivity index (χ1n) is 22.7. The number of ether oxygens (including phenoxy) is 2. The molecule has 2 atom stereocenters. The molecule has 0 aliphatic carbocycles. The summed E-state index contributed by atoms with van der Waals surface area (Å²) in [5.74, 6) is -0.993. The Morgan fingerprint density at radius 2 is 0.983 bits per heavy atom. The Morgan fingerprint density at radius 3 is 1.47 bits per heavy atom. The summed E-state index contributed by atoms with van der Waals surface area (Å²) in [5, 5.41) is 0. The molecular formula is C49H82NO8P. The Kier molecular flexibility index (Phi) is 42.2. The molecule has 0 aromatic rings. The molecule has 0 amide bonds. The smallest absolute Gasteiger partial charge is 0.462 e. The van der Waals surface area contributed by atoms with E-state index in [0.29, 0.717) is 12.8 Å². The normalized spacial score (nSPS) is 14.2. The molecular weight excluding hydrogens is 762 g/mol. The van der Waals surface area contributed by atoms with Crippen LogP contribution in [0.25, 0.3) is 0 Å². The van der Waals surface area contributed by atoms with Crippen LogP contribution in [-0.2, 0) is 32.7 Å². The highest BCUT2D eigenvalue weighted by Gasteiger charge is 2.25. The molecule has 0 aliphatic heterocycles. The number of rotatable bonds is 41. The Bertz CT molecular complexity index is 1280. The average molecular weight is 844 g/mol. The van der Waals surface area contributed by atoms with Gasteiger partial charge in [-0.3, -0.25) is 18.6 Å². The highest BCUT2D eigenvalue weighted by Crippen LogP contribution is 2.43. The zero-order valence-electron chi connectivity index (χ0n) is 36.9. The molecule has 0 aliphatic rings. The number of unbranched alkanes of at least 4 members (excludes halogenated alkanes) is 13. The van der Waals surface area contributed by atoms with E-state index in [4.69, 9.17) is 24.3 Å². The number of hydrogen-bond acceptors (Lipinski definition) is 8. The van der Waals surface area contributed by atoms with Crippen molar-refractivity contribution in [2.45, 2.75) is 174 Å². The molecule has 0 aromatic carbocycles. The molecule has 0 saturated heterocycles. The Balaban J connectivity index is 4.22. The predicted octanol–water partition coefficient (Wildman–Crippen LogP) is 13.4. The van der Waals surface area contributed by atoms with Crippen LogP contribution in [0.15, 0.2) is 97.2 Å². The van der Waals surface area contributed by atoms with Crippen molar-refractivity contribution in [1.29, 1.82) is 0 Å². The predicted molar refractivity (Wildman–Crippen MR) is 247 cm³/mol. The van der Waals surface area contributed by atoms with E-state index < -0.39 is 32.5 Å². The third-order valence-electron chi connectivity index (χ3n) is 8.99. The second kappa shape index (κ2) is 44.5. The van der Waals surface area contributed by atoms with Crippen LogP contribution in [0.2, 0.25) is 0 Å². The van der Waals surface area contributed by atoms with Gasteiger partial charge in [0.05, 0.1) is 19.6 Å². The molecule has 3 N–H and O–H groups in total. The molecule has 0 spiro atoms. The first-order chi connectivity index (χ1) is 28.8. The van der Waals surface area contributed by atoms with Crippen LogP contribution >= 0.6 is 7.82 Å². The zero-order chi connectivity index (χ0) is 43.2. The molecule has 0 radical (unpaired) electrons. The Labute approximate surface area is 359 Å². The zero-order valence-corrected chi connectivity index (χ0v) is 37.8. The van der Waals surface area contributed by atoms with Crippen molar-refractivity contribution in [2.75, 3.05) is 26.4 Å². The van der Waals surface area contributed by atoms with Gasteiger partial charge in [-0.1, -0.05) is 175 Å². The average Bonchev–Trinajstić information content (AvgIpc) is 3.22. The van der Waals surface area contributed by atoms with Gasteiger partial charge in [-0.05, 0) is 77.0 Å². The van der Waals surface area contributed by atoms with E-state index in [1.165, 1.54) is 64.2 Å². The number of esters is 2. The van der Waals surface area contributed by atoms with Gasteiger partial charge in [0.25, 0.3) is 0 Å². The van der Waals surface area contributed by atoms with E-state index in [0.717, 1.165) is 64.2 Å². The van der Waals surface area contributed by atoms with Crippen LogP contribution in [0, 0.1) is 0 Å². The lowest BCUT2D eigenvalue weighted by molar-refractivity contribution is -0.160. The molecule has 2 unspecified atom stereocenters. The van der Waals surface area contributed by atoms with Crippen molar-refractivity contribution >= 4 is 19.8 Å². The summed E-state index contributed by atoms with van der Waals surface area (Å²) >= 11 is 0. The molecule has 336 valence electrons. The van der Waals surface area contributed by atoms with Crippen LogP contribution < -0.4 is 5.73 Å². The minimum absolute atomic E-state index is 0.00881. The molecule has 0 bridgehead atoms. The Morgan fingerprint density at radius 1 is 0.542 bits per heavy atom. The first kappa shape index (κ1) is 55.9. The summed E-state index contributed by atoms with van der Waals surface area (Å²) < 4.78 is 32.7. The fourth-order valence-corrected chi connectivity index (χ4v) is 6.42. The third-order valence-corrected chi connectivity index (χ3v) is 9.97. The van der Waals surface area contributed by atoms with Gasteiger partial charge in [-0.2, -0.15) is 0 Å². The van der Waals surface area contributed by atoms with E-state index in [-0.39, 0.29) is 32.6 Å². The van der Waals surface area contributed by atoms with E-state index in [1.54, 1.807) is 6.08 Å². The van der Waals surface area contributed by atoms with Crippen molar-refractivity contribution in [3.8, 4) is 0 Å². The van der Waals surface area contributed by atoms with Crippen molar-refractivity contribution in [3.05, 3.63) is 97.2 Å². The maximum Gasteiger partial charge on any atom is 0.472 e. The first-order valence-corrected chi connectivity index (χ1v) is 24.2.